The predicted molar refractivity (Wildman–Crippen MR) is 16.1 cm³/mol. The van der Waals surface area contributed by atoms with E-state index in [4.69, 9.17) is 9.67 Å². The SMILES string of the molecule is O=[PH]CO. The van der Waals surface area contributed by atoms with Crippen LogP contribution in [0, 0.1) is 0 Å². The molecule has 1 atom stereocenters. The van der Waals surface area contributed by atoms with Crippen LogP contribution < -0.4 is 0 Å². The summed E-state index contributed by atoms with van der Waals surface area (Å²) in [6, 6.07) is 0. The summed E-state index contributed by atoms with van der Waals surface area (Å²) in [4.78, 5) is 0. The molecule has 0 rings (SSSR count). The summed E-state index contributed by atoms with van der Waals surface area (Å²) in [5, 5.41) is 7.57. The van der Waals surface area contributed by atoms with Crippen LogP contribution >= 0.6 is 8.46 Å². The topological polar surface area (TPSA) is 37.3 Å². The van der Waals surface area contributed by atoms with Gasteiger partial charge in [-0.25, -0.2) is 0 Å². The van der Waals surface area contributed by atoms with Gasteiger partial charge in [-0.1, -0.05) is 0 Å². The maximum atomic E-state index is 9.08. The first kappa shape index (κ1) is 4.06. The highest BCUT2D eigenvalue weighted by molar-refractivity contribution is 7.23. The Labute approximate surface area is 25.7 Å². The van der Waals surface area contributed by atoms with Crippen molar-refractivity contribution < 1.29 is 9.67 Å². The van der Waals surface area contributed by atoms with Crippen molar-refractivity contribution in [1.82, 2.24) is 0 Å². The van der Waals surface area contributed by atoms with E-state index in [0.29, 0.717) is 0 Å². The number of hydrogen-bond donors (Lipinski definition) is 1. The zero-order valence-electron chi connectivity index (χ0n) is 2.06. The third-order valence-electron chi connectivity index (χ3n) is 0.0645. The van der Waals surface area contributed by atoms with Gasteiger partial charge in [0.15, 0.2) is 0 Å². The number of aliphatic hydroxyl groups is 1. The van der Waals surface area contributed by atoms with E-state index in [1.165, 1.54) is 0 Å². The second-order valence-electron chi connectivity index (χ2n) is 0.302. The first-order valence-electron chi connectivity index (χ1n) is 0.874. The molecule has 25 valence electrons. The number of aliphatic hydroxyl groups excluding tert-OH is 1. The molecule has 4 heavy (non-hydrogen) atoms. The van der Waals surface area contributed by atoms with Crippen molar-refractivity contribution in [2.75, 3.05) is 6.35 Å². The van der Waals surface area contributed by atoms with Crippen LogP contribution in [0.1, 0.15) is 0 Å². The molecule has 0 fully saturated rings. The average Bonchev–Trinajstić information content (AvgIpc) is 1.37. The van der Waals surface area contributed by atoms with E-state index < -0.39 is 8.46 Å². The molecular weight excluding hydrogens is 75.0 g/mol. The summed E-state index contributed by atoms with van der Waals surface area (Å²) in [5.41, 5.74) is 0. The van der Waals surface area contributed by atoms with Gasteiger partial charge in [-0.15, -0.1) is 0 Å². The third kappa shape index (κ3) is 2.06. The summed E-state index contributed by atoms with van der Waals surface area (Å²) in [7, 11) is -0.554. The van der Waals surface area contributed by atoms with Crippen molar-refractivity contribution >= 4 is 8.46 Å². The van der Waals surface area contributed by atoms with Gasteiger partial charge >= 0.3 is 0 Å². The Morgan fingerprint density at radius 2 is 2.25 bits per heavy atom. The average molecular weight is 79.0 g/mol. The highest BCUT2D eigenvalue weighted by Gasteiger charge is 1.51. The first-order chi connectivity index (χ1) is 1.91. The van der Waals surface area contributed by atoms with Gasteiger partial charge in [-0.2, -0.15) is 0 Å². The van der Waals surface area contributed by atoms with Gasteiger partial charge in [0.25, 0.3) is 0 Å². The Balaban J connectivity index is 2.30. The normalized spacial score (nSPS) is 8.25. The van der Waals surface area contributed by atoms with Gasteiger partial charge in [-0.3, -0.25) is 4.57 Å². The van der Waals surface area contributed by atoms with E-state index in [2.05, 4.69) is 0 Å². The van der Waals surface area contributed by atoms with Crippen LogP contribution in [0.5, 0.6) is 0 Å². The molecule has 0 bridgehead atoms. The van der Waals surface area contributed by atoms with Gasteiger partial charge in [0.2, 0.25) is 0 Å². The number of hydrogen-bond acceptors (Lipinski definition) is 2. The minimum atomic E-state index is -0.554. The molecule has 0 aromatic carbocycles. The molecule has 0 aliphatic carbocycles. The van der Waals surface area contributed by atoms with Gasteiger partial charge in [0, 0.05) is 0 Å². The second kappa shape index (κ2) is 3.06. The largest absolute Gasteiger partial charge is 0.385 e. The molecular formula is CH4O2P. The molecule has 0 spiro atoms. The van der Waals surface area contributed by atoms with Crippen LogP contribution in [0.25, 0.3) is 0 Å². The van der Waals surface area contributed by atoms with Crippen LogP contribution in [-0.2, 0) is 4.57 Å². The Bertz CT molecular complexity index is 20.0. The van der Waals surface area contributed by atoms with Crippen LogP contribution in [-0.4, -0.2) is 11.5 Å². The van der Waals surface area contributed by atoms with Crippen LogP contribution in [0.4, 0.5) is 0 Å². The van der Waals surface area contributed by atoms with Gasteiger partial charge in [-0.05, 0) is 0 Å². The molecule has 0 aromatic heterocycles. The van der Waals surface area contributed by atoms with E-state index >= 15 is 0 Å². The minimum Gasteiger partial charge on any atom is -0.385 e. The molecule has 0 heterocycles. The molecule has 0 aliphatic heterocycles. The summed E-state index contributed by atoms with van der Waals surface area (Å²) < 4.78 is 9.08. The van der Waals surface area contributed by atoms with Crippen LogP contribution in [0.3, 0.4) is 0 Å². The maximum Gasteiger partial charge on any atom is 0.110 e. The van der Waals surface area contributed by atoms with Gasteiger partial charge in [0.05, 0.1) is 8.46 Å². The lowest BCUT2D eigenvalue weighted by Crippen LogP contribution is -1.51. The zero-order valence-corrected chi connectivity index (χ0v) is 3.06. The van der Waals surface area contributed by atoms with E-state index in [0.717, 1.165) is 0 Å². The minimum absolute atomic E-state index is 0.208. The Morgan fingerprint density at radius 3 is 2.25 bits per heavy atom. The fraction of sp³-hybridized carbons (Fsp3) is 1.00. The molecule has 0 amide bonds. The summed E-state index contributed by atoms with van der Waals surface area (Å²) in [6.45, 7) is 0. The van der Waals surface area contributed by atoms with E-state index in [-0.39, 0.29) is 6.35 Å². The van der Waals surface area contributed by atoms with Gasteiger partial charge in [0.1, 0.15) is 6.35 Å². The fourth-order valence-corrected chi connectivity index (χ4v) is 0. The van der Waals surface area contributed by atoms with Crippen molar-refractivity contribution in [3.63, 3.8) is 0 Å². The standard InChI is InChI=1S/CH4O2P/c2-1-4-3/h2,4H,1H2. The Morgan fingerprint density at radius 1 is 2.00 bits per heavy atom. The highest BCUT2D eigenvalue weighted by atomic mass is 31.1. The summed E-state index contributed by atoms with van der Waals surface area (Å²) in [5.74, 6) is 0. The lowest BCUT2D eigenvalue weighted by Gasteiger charge is -1.55. The highest BCUT2D eigenvalue weighted by Crippen LogP contribution is 1.79. The number of rotatable bonds is 1. The van der Waals surface area contributed by atoms with Gasteiger partial charge < -0.3 is 5.11 Å². The molecule has 0 saturated heterocycles. The van der Waals surface area contributed by atoms with Crippen molar-refractivity contribution in [1.29, 1.82) is 0 Å². The van der Waals surface area contributed by atoms with Crippen LogP contribution in [0.2, 0.25) is 0 Å². The van der Waals surface area contributed by atoms with E-state index in [1.54, 1.807) is 0 Å². The molecule has 1 radical (unpaired) electrons. The molecule has 1 unspecified atom stereocenters. The molecule has 0 aromatic rings. The molecule has 1 N–H and O–H groups in total. The summed E-state index contributed by atoms with van der Waals surface area (Å²) >= 11 is 0. The summed E-state index contributed by atoms with van der Waals surface area (Å²) in [6.07, 6.45) is -0.208. The zero-order chi connectivity index (χ0) is 3.41. The van der Waals surface area contributed by atoms with Crippen molar-refractivity contribution in [3.8, 4) is 0 Å². The maximum absolute atomic E-state index is 9.08. The Hall–Kier alpha value is 0.0600. The lowest BCUT2D eigenvalue weighted by molar-refractivity contribution is 0.366. The van der Waals surface area contributed by atoms with Crippen molar-refractivity contribution in [2.45, 2.75) is 0 Å². The molecule has 0 aliphatic rings. The van der Waals surface area contributed by atoms with E-state index in [1.807, 2.05) is 0 Å². The fourth-order valence-electron chi connectivity index (χ4n) is 0. The second-order valence-corrected chi connectivity index (χ2v) is 0.907. The predicted octanol–water partition coefficient (Wildman–Crippen LogP) is -0.0398. The molecule has 0 saturated carbocycles. The van der Waals surface area contributed by atoms with E-state index in [9.17, 15) is 0 Å². The molecule has 2 nitrogen and oxygen atoms in total. The smallest absolute Gasteiger partial charge is 0.110 e. The monoisotopic (exact) mass is 79.0 g/mol. The first-order valence-corrected chi connectivity index (χ1v) is 1.99. The lowest BCUT2D eigenvalue weighted by atomic mass is 11.7. The quantitative estimate of drug-likeness (QED) is 0.448. The van der Waals surface area contributed by atoms with Crippen molar-refractivity contribution in [2.24, 2.45) is 0 Å². The Kier molecular flexibility index (Phi) is 3.11. The van der Waals surface area contributed by atoms with Crippen LogP contribution in [0.15, 0.2) is 0 Å². The third-order valence-corrected chi connectivity index (χ3v) is 0.194. The van der Waals surface area contributed by atoms with Crippen molar-refractivity contribution in [3.05, 3.63) is 0 Å². The molecule has 3 heteroatoms.